The van der Waals surface area contributed by atoms with Gasteiger partial charge in [-0.05, 0) is 19.8 Å². The minimum absolute atomic E-state index is 0. The van der Waals surface area contributed by atoms with Crippen LogP contribution in [0, 0.1) is 0 Å². The van der Waals surface area contributed by atoms with Gasteiger partial charge in [-0.3, -0.25) is 0 Å². The lowest BCUT2D eigenvalue weighted by Crippen LogP contribution is -3.00. The van der Waals surface area contributed by atoms with Crippen LogP contribution < -0.4 is 24.0 Å². The minimum atomic E-state index is 0. The first-order valence-corrected chi connectivity index (χ1v) is 5.33. The van der Waals surface area contributed by atoms with Crippen molar-refractivity contribution in [3.05, 3.63) is 0 Å². The van der Waals surface area contributed by atoms with Gasteiger partial charge < -0.3 is 33.2 Å². The van der Waals surface area contributed by atoms with Crippen LogP contribution in [0.2, 0.25) is 0 Å². The number of rotatable bonds is 6. The number of halogens is 1. The molecular formula is C11H26INO. The zero-order valence-corrected chi connectivity index (χ0v) is 12.7. The van der Waals surface area contributed by atoms with Crippen molar-refractivity contribution in [2.75, 3.05) is 34.3 Å². The maximum absolute atomic E-state index is 5.89. The molecule has 0 spiro atoms. The summed E-state index contributed by atoms with van der Waals surface area (Å²) < 4.78 is 6.86. The third kappa shape index (κ3) is 6.19. The van der Waals surface area contributed by atoms with Crippen molar-refractivity contribution in [3.63, 3.8) is 0 Å². The highest BCUT2D eigenvalue weighted by molar-refractivity contribution is 4.76. The van der Waals surface area contributed by atoms with E-state index in [4.69, 9.17) is 4.74 Å². The van der Waals surface area contributed by atoms with Crippen molar-refractivity contribution in [1.29, 1.82) is 0 Å². The second-order valence-corrected chi connectivity index (χ2v) is 4.77. The fourth-order valence-electron chi connectivity index (χ4n) is 1.89. The number of likely N-dealkylation sites (N-methyl/N-ethyl adjacent to an activating group) is 1. The average Bonchev–Trinajstić information content (AvgIpc) is 2.01. The van der Waals surface area contributed by atoms with Gasteiger partial charge in [0.1, 0.15) is 12.1 Å². The Hall–Kier alpha value is 0.650. The first-order valence-electron chi connectivity index (χ1n) is 5.33. The molecule has 0 bridgehead atoms. The Morgan fingerprint density at radius 2 is 1.43 bits per heavy atom. The smallest absolute Gasteiger partial charge is 0.116 e. The maximum Gasteiger partial charge on any atom is 0.116 e. The van der Waals surface area contributed by atoms with Crippen molar-refractivity contribution in [1.82, 2.24) is 0 Å². The Kier molecular flexibility index (Phi) is 8.54. The van der Waals surface area contributed by atoms with Crippen LogP contribution in [0.15, 0.2) is 0 Å². The molecule has 0 aliphatic rings. The second kappa shape index (κ2) is 7.01. The summed E-state index contributed by atoms with van der Waals surface area (Å²) in [5.74, 6) is 0. The number of quaternary nitrogens is 1. The summed E-state index contributed by atoms with van der Waals surface area (Å²) in [5, 5.41) is 0. The maximum atomic E-state index is 5.89. The molecule has 0 radical (unpaired) electrons. The van der Waals surface area contributed by atoms with Crippen LogP contribution in [-0.4, -0.2) is 44.4 Å². The fourth-order valence-corrected chi connectivity index (χ4v) is 1.89. The molecule has 0 rings (SSSR count). The Morgan fingerprint density at radius 3 is 1.64 bits per heavy atom. The third-order valence-corrected chi connectivity index (χ3v) is 2.50. The molecule has 3 heteroatoms. The van der Waals surface area contributed by atoms with E-state index >= 15 is 0 Å². The van der Waals surface area contributed by atoms with Gasteiger partial charge in [0, 0.05) is 6.61 Å². The summed E-state index contributed by atoms with van der Waals surface area (Å²) in [6.45, 7) is 8.43. The molecule has 0 aliphatic heterocycles. The summed E-state index contributed by atoms with van der Waals surface area (Å²) >= 11 is 0. The van der Waals surface area contributed by atoms with Crippen LogP contribution in [0.5, 0.6) is 0 Å². The zero-order valence-electron chi connectivity index (χ0n) is 10.6. The molecule has 0 amide bonds. The lowest BCUT2D eigenvalue weighted by atomic mass is 9.96. The molecule has 88 valence electrons. The van der Waals surface area contributed by atoms with Gasteiger partial charge in [0.15, 0.2) is 0 Å². The molecule has 0 N–H and O–H groups in total. The minimum Gasteiger partial charge on any atom is -1.00 e. The van der Waals surface area contributed by atoms with E-state index < -0.39 is 0 Å². The lowest BCUT2D eigenvalue weighted by molar-refractivity contribution is -0.877. The Balaban J connectivity index is 0. The van der Waals surface area contributed by atoms with E-state index in [2.05, 4.69) is 41.9 Å². The van der Waals surface area contributed by atoms with E-state index in [-0.39, 0.29) is 29.6 Å². The number of ether oxygens (including phenoxy) is 1. The predicted octanol–water partition coefficient (Wildman–Crippen LogP) is -0.708. The molecule has 0 aromatic carbocycles. The van der Waals surface area contributed by atoms with E-state index in [0.29, 0.717) is 0 Å². The highest BCUT2D eigenvalue weighted by Crippen LogP contribution is 2.22. The summed E-state index contributed by atoms with van der Waals surface area (Å²) in [4.78, 5) is 0. The monoisotopic (exact) mass is 315 g/mol. The van der Waals surface area contributed by atoms with Crippen LogP contribution >= 0.6 is 0 Å². The fraction of sp³-hybridized carbons (Fsp3) is 1.00. The van der Waals surface area contributed by atoms with Gasteiger partial charge in [-0.15, -0.1) is 0 Å². The Labute approximate surface area is 107 Å². The SMILES string of the molecule is CCOC(CC)(CC)C[N+](C)(C)C.[I-]. The van der Waals surface area contributed by atoms with Gasteiger partial charge >= 0.3 is 0 Å². The molecule has 0 saturated heterocycles. The highest BCUT2D eigenvalue weighted by Gasteiger charge is 2.32. The number of hydrogen-bond acceptors (Lipinski definition) is 1. The van der Waals surface area contributed by atoms with Gasteiger partial charge in [0.05, 0.1) is 21.1 Å². The summed E-state index contributed by atoms with van der Waals surface area (Å²) in [6.07, 6.45) is 2.21. The molecular weight excluding hydrogens is 289 g/mol. The average molecular weight is 315 g/mol. The first kappa shape index (κ1) is 17.1. The summed E-state index contributed by atoms with van der Waals surface area (Å²) in [5.41, 5.74) is 0.0903. The number of hydrogen-bond donors (Lipinski definition) is 0. The highest BCUT2D eigenvalue weighted by atomic mass is 127. The Bertz CT molecular complexity index is 139. The zero-order chi connectivity index (χ0) is 10.5. The quantitative estimate of drug-likeness (QED) is 0.465. The van der Waals surface area contributed by atoms with Gasteiger partial charge in [-0.1, -0.05) is 13.8 Å². The van der Waals surface area contributed by atoms with Gasteiger partial charge in [-0.25, -0.2) is 0 Å². The van der Waals surface area contributed by atoms with Gasteiger partial charge in [0.25, 0.3) is 0 Å². The topological polar surface area (TPSA) is 9.23 Å². The van der Waals surface area contributed by atoms with Crippen molar-refractivity contribution in [2.45, 2.75) is 39.2 Å². The van der Waals surface area contributed by atoms with E-state index in [0.717, 1.165) is 30.5 Å². The van der Waals surface area contributed by atoms with Crippen molar-refractivity contribution >= 4 is 0 Å². The molecule has 14 heavy (non-hydrogen) atoms. The van der Waals surface area contributed by atoms with E-state index in [1.165, 1.54) is 0 Å². The van der Waals surface area contributed by atoms with E-state index in [1.54, 1.807) is 0 Å². The molecule has 0 aliphatic carbocycles. The second-order valence-electron chi connectivity index (χ2n) is 4.77. The van der Waals surface area contributed by atoms with Crippen LogP contribution in [0.4, 0.5) is 0 Å². The van der Waals surface area contributed by atoms with Crippen molar-refractivity contribution < 1.29 is 33.2 Å². The summed E-state index contributed by atoms with van der Waals surface area (Å²) in [7, 11) is 6.66. The van der Waals surface area contributed by atoms with Crippen molar-refractivity contribution in [3.8, 4) is 0 Å². The molecule has 0 saturated carbocycles. The van der Waals surface area contributed by atoms with Crippen molar-refractivity contribution in [2.24, 2.45) is 0 Å². The Morgan fingerprint density at radius 1 is 1.00 bits per heavy atom. The standard InChI is InChI=1S/C11H26NO.HI/c1-7-11(8-2,13-9-3)10-12(4,5)6;/h7-10H2,1-6H3;1H/q+1;/p-1. The summed E-state index contributed by atoms with van der Waals surface area (Å²) in [6, 6.07) is 0. The van der Waals surface area contributed by atoms with Crippen LogP contribution in [0.1, 0.15) is 33.6 Å². The third-order valence-electron chi connectivity index (χ3n) is 2.50. The number of nitrogens with zero attached hydrogens (tertiary/aromatic N) is 1. The molecule has 0 heterocycles. The van der Waals surface area contributed by atoms with E-state index in [1.807, 2.05) is 0 Å². The molecule has 0 aromatic rings. The van der Waals surface area contributed by atoms with E-state index in [9.17, 15) is 0 Å². The van der Waals surface area contributed by atoms with Crippen LogP contribution in [0.3, 0.4) is 0 Å². The molecule has 0 unspecified atom stereocenters. The first-order chi connectivity index (χ1) is 5.89. The normalized spacial score (nSPS) is 12.4. The van der Waals surface area contributed by atoms with Gasteiger partial charge in [-0.2, -0.15) is 0 Å². The molecule has 2 nitrogen and oxygen atoms in total. The van der Waals surface area contributed by atoms with Crippen LogP contribution in [0.25, 0.3) is 0 Å². The predicted molar refractivity (Wildman–Crippen MR) is 57.8 cm³/mol. The molecule has 0 aromatic heterocycles. The van der Waals surface area contributed by atoms with Crippen LogP contribution in [-0.2, 0) is 4.74 Å². The van der Waals surface area contributed by atoms with Gasteiger partial charge in [0.2, 0.25) is 0 Å². The molecule has 0 fully saturated rings. The molecule has 0 atom stereocenters. The lowest BCUT2D eigenvalue weighted by Gasteiger charge is -2.38. The largest absolute Gasteiger partial charge is 1.00 e.